The number of guanidine groups is 1. The Balaban J connectivity index is 1.52. The van der Waals surface area contributed by atoms with Crippen LogP contribution < -0.4 is 10.6 Å². The number of hydrogen-bond donors (Lipinski definition) is 2. The molecule has 2 fully saturated rings. The lowest BCUT2D eigenvalue weighted by Crippen LogP contribution is -2.39. The van der Waals surface area contributed by atoms with Gasteiger partial charge < -0.3 is 20.1 Å². The molecule has 0 amide bonds. The Morgan fingerprint density at radius 3 is 2.04 bits per heavy atom. The van der Waals surface area contributed by atoms with Crippen LogP contribution in [-0.4, -0.2) is 101 Å². The molecule has 0 atom stereocenters. The van der Waals surface area contributed by atoms with Gasteiger partial charge in [-0.15, -0.1) is 0 Å². The van der Waals surface area contributed by atoms with E-state index in [0.29, 0.717) is 0 Å². The topological polar surface area (TPSA) is 61.4 Å². The van der Waals surface area contributed by atoms with Crippen molar-refractivity contribution in [1.82, 2.24) is 20.4 Å². The number of nitrogens with zero attached hydrogens (tertiary/aromatic N) is 3. The van der Waals surface area contributed by atoms with Crippen molar-refractivity contribution in [3.63, 3.8) is 0 Å². The van der Waals surface area contributed by atoms with Gasteiger partial charge in [-0.2, -0.15) is 0 Å². The molecule has 2 N–H and O–H groups in total. The Kier molecular flexibility index (Phi) is 10.9. The van der Waals surface area contributed by atoms with Crippen molar-refractivity contribution >= 4 is 5.96 Å². The smallest absolute Gasteiger partial charge is 0.191 e. The first-order valence-corrected chi connectivity index (χ1v) is 10.0. The van der Waals surface area contributed by atoms with E-state index < -0.39 is 0 Å². The quantitative estimate of drug-likeness (QED) is 0.336. The van der Waals surface area contributed by atoms with Gasteiger partial charge in [0.15, 0.2) is 5.96 Å². The van der Waals surface area contributed by atoms with Gasteiger partial charge in [-0.3, -0.25) is 14.8 Å². The third kappa shape index (κ3) is 9.39. The molecule has 0 spiro atoms. The minimum absolute atomic E-state index is 0.873. The maximum Gasteiger partial charge on any atom is 0.191 e. The standard InChI is InChI=1S/C18H37N5O2/c1-2-19-18(21-7-5-9-23-12-16-25-17-13-23)20-6-3-4-8-22-10-14-24-15-11-22/h2-17H2,1H3,(H2,19,20,21). The molecule has 2 aliphatic heterocycles. The lowest BCUT2D eigenvalue weighted by Gasteiger charge is -2.26. The molecule has 2 saturated heterocycles. The number of morpholine rings is 2. The van der Waals surface area contributed by atoms with Crippen molar-refractivity contribution in [2.75, 3.05) is 85.3 Å². The molecule has 0 radical (unpaired) electrons. The van der Waals surface area contributed by atoms with Crippen LogP contribution in [0, 0.1) is 0 Å². The molecule has 0 unspecified atom stereocenters. The number of aliphatic imine (C=N–C) groups is 1. The largest absolute Gasteiger partial charge is 0.379 e. The third-order valence-electron chi connectivity index (χ3n) is 4.65. The minimum Gasteiger partial charge on any atom is -0.379 e. The van der Waals surface area contributed by atoms with Gasteiger partial charge in [0.1, 0.15) is 0 Å². The average molecular weight is 356 g/mol. The molecule has 2 heterocycles. The van der Waals surface area contributed by atoms with E-state index in [0.717, 1.165) is 91.2 Å². The van der Waals surface area contributed by atoms with Gasteiger partial charge in [0, 0.05) is 52.4 Å². The van der Waals surface area contributed by atoms with Gasteiger partial charge in [-0.1, -0.05) is 0 Å². The summed E-state index contributed by atoms with van der Waals surface area (Å²) in [4.78, 5) is 9.65. The highest BCUT2D eigenvalue weighted by molar-refractivity contribution is 5.79. The van der Waals surface area contributed by atoms with E-state index in [-0.39, 0.29) is 0 Å². The molecule has 2 aliphatic rings. The van der Waals surface area contributed by atoms with Crippen molar-refractivity contribution < 1.29 is 9.47 Å². The summed E-state index contributed by atoms with van der Waals surface area (Å²) in [5, 5.41) is 6.80. The van der Waals surface area contributed by atoms with Crippen LogP contribution in [0.5, 0.6) is 0 Å². The van der Waals surface area contributed by atoms with Gasteiger partial charge in [0.25, 0.3) is 0 Å². The Morgan fingerprint density at radius 2 is 1.44 bits per heavy atom. The molecule has 0 bridgehead atoms. The molecule has 0 saturated carbocycles. The van der Waals surface area contributed by atoms with Crippen molar-refractivity contribution in [3.05, 3.63) is 0 Å². The van der Waals surface area contributed by atoms with Crippen LogP contribution in [-0.2, 0) is 9.47 Å². The van der Waals surface area contributed by atoms with Crippen LogP contribution in [0.4, 0.5) is 0 Å². The zero-order valence-electron chi connectivity index (χ0n) is 16.0. The highest BCUT2D eigenvalue weighted by Crippen LogP contribution is 2.00. The summed E-state index contributed by atoms with van der Waals surface area (Å²) in [6.45, 7) is 15.0. The lowest BCUT2D eigenvalue weighted by molar-refractivity contribution is 0.0372. The van der Waals surface area contributed by atoms with Gasteiger partial charge in [0.2, 0.25) is 0 Å². The number of hydrogen-bond acceptors (Lipinski definition) is 5. The van der Waals surface area contributed by atoms with E-state index in [1.54, 1.807) is 0 Å². The van der Waals surface area contributed by atoms with Crippen molar-refractivity contribution in [3.8, 4) is 0 Å². The Hall–Kier alpha value is -0.890. The molecule has 0 aromatic heterocycles. The summed E-state index contributed by atoms with van der Waals surface area (Å²) in [5.41, 5.74) is 0. The second kappa shape index (κ2) is 13.3. The van der Waals surface area contributed by atoms with E-state index in [4.69, 9.17) is 14.5 Å². The fourth-order valence-electron chi connectivity index (χ4n) is 3.14. The van der Waals surface area contributed by atoms with Crippen LogP contribution in [0.2, 0.25) is 0 Å². The van der Waals surface area contributed by atoms with Crippen molar-refractivity contribution in [1.29, 1.82) is 0 Å². The van der Waals surface area contributed by atoms with Gasteiger partial charge in [0.05, 0.1) is 26.4 Å². The Bertz CT molecular complexity index is 355. The molecule has 2 rings (SSSR count). The van der Waals surface area contributed by atoms with Crippen LogP contribution in [0.15, 0.2) is 4.99 Å². The molecule has 7 heteroatoms. The summed E-state index contributed by atoms with van der Waals surface area (Å²) in [6, 6.07) is 0. The van der Waals surface area contributed by atoms with E-state index in [9.17, 15) is 0 Å². The summed E-state index contributed by atoms with van der Waals surface area (Å²) in [7, 11) is 0. The zero-order valence-corrected chi connectivity index (χ0v) is 16.0. The lowest BCUT2D eigenvalue weighted by atomic mass is 10.3. The fraction of sp³-hybridized carbons (Fsp3) is 0.944. The molecule has 0 aromatic carbocycles. The molecule has 25 heavy (non-hydrogen) atoms. The SMILES string of the molecule is CCNC(=NCCCN1CCOCC1)NCCCCN1CCOCC1. The maximum absolute atomic E-state index is 5.38. The highest BCUT2D eigenvalue weighted by Gasteiger charge is 2.10. The molecular formula is C18H37N5O2. The predicted molar refractivity (Wildman–Crippen MR) is 102 cm³/mol. The van der Waals surface area contributed by atoms with Gasteiger partial charge >= 0.3 is 0 Å². The van der Waals surface area contributed by atoms with E-state index in [1.807, 2.05) is 0 Å². The number of rotatable bonds is 10. The van der Waals surface area contributed by atoms with Gasteiger partial charge in [-0.05, 0) is 32.7 Å². The normalized spacial score (nSPS) is 20.6. The first kappa shape index (κ1) is 20.4. The fourth-order valence-corrected chi connectivity index (χ4v) is 3.14. The second-order valence-corrected chi connectivity index (χ2v) is 6.66. The average Bonchev–Trinajstić information content (AvgIpc) is 2.66. The summed E-state index contributed by atoms with van der Waals surface area (Å²) >= 11 is 0. The van der Waals surface area contributed by atoms with Crippen LogP contribution in [0.3, 0.4) is 0 Å². The van der Waals surface area contributed by atoms with Crippen LogP contribution >= 0.6 is 0 Å². The first-order valence-electron chi connectivity index (χ1n) is 10.0. The zero-order chi connectivity index (χ0) is 17.6. The second-order valence-electron chi connectivity index (χ2n) is 6.66. The molecule has 7 nitrogen and oxygen atoms in total. The van der Waals surface area contributed by atoms with Gasteiger partial charge in [-0.25, -0.2) is 0 Å². The summed E-state index contributed by atoms with van der Waals surface area (Å²) < 4.78 is 10.8. The Morgan fingerprint density at radius 1 is 0.840 bits per heavy atom. The van der Waals surface area contributed by atoms with Crippen LogP contribution in [0.25, 0.3) is 0 Å². The number of unbranched alkanes of at least 4 members (excludes halogenated alkanes) is 1. The first-order chi connectivity index (χ1) is 12.4. The molecule has 146 valence electrons. The third-order valence-corrected chi connectivity index (χ3v) is 4.65. The minimum atomic E-state index is 0.873. The van der Waals surface area contributed by atoms with E-state index >= 15 is 0 Å². The van der Waals surface area contributed by atoms with Crippen LogP contribution in [0.1, 0.15) is 26.2 Å². The maximum atomic E-state index is 5.38. The van der Waals surface area contributed by atoms with E-state index in [1.165, 1.54) is 19.4 Å². The van der Waals surface area contributed by atoms with E-state index in [2.05, 4.69) is 27.4 Å². The number of ether oxygens (including phenoxy) is 2. The molecule has 0 aliphatic carbocycles. The Labute approximate surface area is 153 Å². The molecule has 0 aromatic rings. The molecular weight excluding hydrogens is 318 g/mol. The number of nitrogens with one attached hydrogen (secondary N) is 2. The van der Waals surface area contributed by atoms with Crippen molar-refractivity contribution in [2.24, 2.45) is 4.99 Å². The summed E-state index contributed by atoms with van der Waals surface area (Å²) in [5.74, 6) is 0.954. The predicted octanol–water partition coefficient (Wildman–Crippen LogP) is 0.376. The monoisotopic (exact) mass is 355 g/mol. The van der Waals surface area contributed by atoms with Crippen molar-refractivity contribution in [2.45, 2.75) is 26.2 Å². The highest BCUT2D eigenvalue weighted by atomic mass is 16.5. The summed E-state index contributed by atoms with van der Waals surface area (Å²) in [6.07, 6.45) is 3.51.